The Kier molecular flexibility index (Phi) is 5.53. The molecule has 7 heteroatoms. The molecule has 3 aromatic rings. The van der Waals surface area contributed by atoms with Crippen LogP contribution in [0.2, 0.25) is 0 Å². The van der Waals surface area contributed by atoms with Crippen LogP contribution in [0.1, 0.15) is 12.8 Å². The number of hydrogen-bond acceptors (Lipinski definition) is 4. The molecule has 2 amide bonds. The van der Waals surface area contributed by atoms with Gasteiger partial charge in [0, 0.05) is 46.9 Å². The topological polar surface area (TPSA) is 70.1 Å². The van der Waals surface area contributed by atoms with Gasteiger partial charge >= 0.3 is 6.03 Å². The van der Waals surface area contributed by atoms with E-state index in [0.717, 1.165) is 40.3 Å². The molecule has 0 aliphatic carbocycles. The van der Waals surface area contributed by atoms with Crippen molar-refractivity contribution in [3.8, 4) is 11.3 Å². The van der Waals surface area contributed by atoms with E-state index in [-0.39, 0.29) is 6.03 Å². The lowest BCUT2D eigenvalue weighted by Gasteiger charge is -2.19. The molecule has 0 unspecified atom stereocenters. The molecule has 0 atom stereocenters. The second-order valence-corrected chi connectivity index (χ2v) is 7.51. The highest BCUT2D eigenvalue weighted by Gasteiger charge is 2.19. The molecule has 0 saturated carbocycles. The van der Waals surface area contributed by atoms with Gasteiger partial charge in [0.2, 0.25) is 0 Å². The Hall–Kier alpha value is -2.93. The van der Waals surface area contributed by atoms with Crippen LogP contribution in [0.15, 0.2) is 65.4 Å². The van der Waals surface area contributed by atoms with Crippen molar-refractivity contribution in [1.82, 2.24) is 9.97 Å². The normalized spacial score (nSPS) is 13.4. The molecule has 2 N–H and O–H groups in total. The van der Waals surface area contributed by atoms with Crippen LogP contribution in [0.3, 0.4) is 0 Å². The fraction of sp³-hybridized carbons (Fsp3) is 0.190. The lowest BCUT2D eigenvalue weighted by atomic mass is 10.1. The molecular formula is C21H20BrN5O. The molecular weight excluding hydrogens is 418 g/mol. The quantitative estimate of drug-likeness (QED) is 0.591. The second kappa shape index (κ2) is 8.39. The predicted octanol–water partition coefficient (Wildman–Crippen LogP) is 5.15. The van der Waals surface area contributed by atoms with Gasteiger partial charge < -0.3 is 15.5 Å². The second-order valence-electron chi connectivity index (χ2n) is 6.59. The minimum Gasteiger partial charge on any atom is -0.355 e. The van der Waals surface area contributed by atoms with Gasteiger partial charge in [0.05, 0.1) is 0 Å². The molecule has 2 heterocycles. The number of urea groups is 1. The summed E-state index contributed by atoms with van der Waals surface area (Å²) >= 11 is 3.38. The van der Waals surface area contributed by atoms with E-state index in [1.54, 1.807) is 12.4 Å². The highest BCUT2D eigenvalue weighted by molar-refractivity contribution is 9.10. The van der Waals surface area contributed by atoms with Crippen molar-refractivity contribution in [2.24, 2.45) is 0 Å². The highest BCUT2D eigenvalue weighted by Crippen LogP contribution is 2.30. The Morgan fingerprint density at radius 2 is 1.64 bits per heavy atom. The van der Waals surface area contributed by atoms with Gasteiger partial charge in [0.1, 0.15) is 5.69 Å². The number of amides is 2. The fourth-order valence-corrected chi connectivity index (χ4v) is 3.53. The highest BCUT2D eigenvalue weighted by atomic mass is 79.9. The Labute approximate surface area is 172 Å². The monoisotopic (exact) mass is 437 g/mol. The number of aromatic nitrogens is 2. The number of benzene rings is 2. The molecule has 1 aliphatic rings. The Morgan fingerprint density at radius 3 is 2.43 bits per heavy atom. The van der Waals surface area contributed by atoms with Gasteiger partial charge in [0.15, 0.2) is 5.82 Å². The lowest BCUT2D eigenvalue weighted by Crippen LogP contribution is -2.20. The van der Waals surface area contributed by atoms with Crippen molar-refractivity contribution in [3.05, 3.63) is 65.4 Å². The molecule has 28 heavy (non-hydrogen) atoms. The smallest absolute Gasteiger partial charge is 0.323 e. The number of hydrogen-bond donors (Lipinski definition) is 2. The number of rotatable bonds is 4. The van der Waals surface area contributed by atoms with Crippen LogP contribution in [-0.4, -0.2) is 29.1 Å². The van der Waals surface area contributed by atoms with Gasteiger partial charge in [-0.2, -0.15) is 0 Å². The SMILES string of the molecule is O=C(Nc1ccc(Br)cc1)Nc1cccc(-c2nccnc2N2CCCC2)c1. The van der Waals surface area contributed by atoms with Gasteiger partial charge in [-0.25, -0.2) is 9.78 Å². The van der Waals surface area contributed by atoms with Gasteiger partial charge in [-0.15, -0.1) is 0 Å². The molecule has 1 aliphatic heterocycles. The molecule has 142 valence electrons. The Morgan fingerprint density at radius 1 is 0.929 bits per heavy atom. The molecule has 0 bridgehead atoms. The minimum absolute atomic E-state index is 0.293. The van der Waals surface area contributed by atoms with Gasteiger partial charge in [-0.3, -0.25) is 4.98 Å². The van der Waals surface area contributed by atoms with Crippen LogP contribution in [0.4, 0.5) is 22.0 Å². The van der Waals surface area contributed by atoms with E-state index in [2.05, 4.69) is 41.4 Å². The first-order valence-electron chi connectivity index (χ1n) is 9.19. The van der Waals surface area contributed by atoms with Crippen LogP contribution >= 0.6 is 15.9 Å². The van der Waals surface area contributed by atoms with E-state index >= 15 is 0 Å². The maximum absolute atomic E-state index is 12.3. The average Bonchev–Trinajstić information content (AvgIpc) is 3.25. The van der Waals surface area contributed by atoms with Crippen molar-refractivity contribution in [2.75, 3.05) is 28.6 Å². The predicted molar refractivity (Wildman–Crippen MR) is 116 cm³/mol. The summed E-state index contributed by atoms with van der Waals surface area (Å²) in [4.78, 5) is 23.7. The summed E-state index contributed by atoms with van der Waals surface area (Å²) in [5.74, 6) is 0.900. The number of nitrogens with zero attached hydrogens (tertiary/aromatic N) is 3. The van der Waals surface area contributed by atoms with E-state index in [1.165, 1.54) is 12.8 Å². The van der Waals surface area contributed by atoms with Crippen molar-refractivity contribution in [1.29, 1.82) is 0 Å². The van der Waals surface area contributed by atoms with E-state index in [9.17, 15) is 4.79 Å². The number of nitrogens with one attached hydrogen (secondary N) is 2. The van der Waals surface area contributed by atoms with Gasteiger partial charge in [-0.05, 0) is 49.2 Å². The summed E-state index contributed by atoms with van der Waals surface area (Å²) in [6.45, 7) is 2.00. The lowest BCUT2D eigenvalue weighted by molar-refractivity contribution is 0.262. The molecule has 1 fully saturated rings. The van der Waals surface area contributed by atoms with E-state index in [4.69, 9.17) is 0 Å². The first-order valence-corrected chi connectivity index (χ1v) is 9.98. The van der Waals surface area contributed by atoms with Crippen LogP contribution in [-0.2, 0) is 0 Å². The summed E-state index contributed by atoms with van der Waals surface area (Å²) in [6, 6.07) is 14.8. The van der Waals surface area contributed by atoms with E-state index < -0.39 is 0 Å². The molecule has 2 aromatic carbocycles. The zero-order valence-corrected chi connectivity index (χ0v) is 16.8. The maximum atomic E-state index is 12.3. The number of halogens is 1. The Balaban J connectivity index is 1.52. The minimum atomic E-state index is -0.293. The summed E-state index contributed by atoms with van der Waals surface area (Å²) < 4.78 is 0.962. The van der Waals surface area contributed by atoms with Gasteiger partial charge in [0.25, 0.3) is 0 Å². The third-order valence-corrected chi connectivity index (χ3v) is 5.11. The van der Waals surface area contributed by atoms with Crippen molar-refractivity contribution in [2.45, 2.75) is 12.8 Å². The van der Waals surface area contributed by atoms with Crippen molar-refractivity contribution < 1.29 is 4.79 Å². The first kappa shape index (κ1) is 18.4. The number of anilines is 3. The molecule has 0 spiro atoms. The third kappa shape index (κ3) is 4.31. The molecule has 4 rings (SSSR count). The molecule has 1 saturated heterocycles. The van der Waals surface area contributed by atoms with Crippen molar-refractivity contribution >= 4 is 39.2 Å². The summed E-state index contributed by atoms with van der Waals surface area (Å²) in [6.07, 6.45) is 5.78. The van der Waals surface area contributed by atoms with E-state index in [0.29, 0.717) is 5.69 Å². The Bertz CT molecular complexity index is 971. The van der Waals surface area contributed by atoms with E-state index in [1.807, 2.05) is 48.5 Å². The van der Waals surface area contributed by atoms with Crippen LogP contribution in [0, 0.1) is 0 Å². The average molecular weight is 438 g/mol. The standard InChI is InChI=1S/C21H20BrN5O/c22-16-6-8-17(9-7-16)25-21(28)26-18-5-3-4-15(14-18)19-20(24-11-10-23-19)27-12-1-2-13-27/h3-11,14H,1-2,12-13H2,(H2,25,26,28). The van der Waals surface area contributed by atoms with Crippen LogP contribution < -0.4 is 15.5 Å². The molecule has 6 nitrogen and oxygen atoms in total. The first-order chi connectivity index (χ1) is 13.7. The third-order valence-electron chi connectivity index (χ3n) is 4.58. The fourth-order valence-electron chi connectivity index (χ4n) is 3.27. The van der Waals surface area contributed by atoms with Crippen LogP contribution in [0.5, 0.6) is 0 Å². The largest absolute Gasteiger partial charge is 0.355 e. The number of carbonyl (C=O) groups excluding carboxylic acids is 1. The van der Waals surface area contributed by atoms with Crippen LogP contribution in [0.25, 0.3) is 11.3 Å². The number of carbonyl (C=O) groups is 1. The van der Waals surface area contributed by atoms with Gasteiger partial charge in [-0.1, -0.05) is 28.1 Å². The molecule has 1 aromatic heterocycles. The summed E-state index contributed by atoms with van der Waals surface area (Å²) in [7, 11) is 0. The zero-order chi connectivity index (χ0) is 19.3. The van der Waals surface area contributed by atoms with Crippen molar-refractivity contribution in [3.63, 3.8) is 0 Å². The maximum Gasteiger partial charge on any atom is 0.323 e. The summed E-state index contributed by atoms with van der Waals surface area (Å²) in [5, 5.41) is 5.71. The zero-order valence-electron chi connectivity index (χ0n) is 15.2. The molecule has 0 radical (unpaired) electrons. The summed E-state index contributed by atoms with van der Waals surface area (Å²) in [5.41, 5.74) is 3.19.